The van der Waals surface area contributed by atoms with Crippen LogP contribution in [0.4, 0.5) is 0 Å². The molecule has 0 aromatic heterocycles. The summed E-state index contributed by atoms with van der Waals surface area (Å²) < 4.78 is 36.7. The molecule has 0 amide bonds. The smallest absolute Gasteiger partial charge is 0.348 e. The van der Waals surface area contributed by atoms with Crippen LogP contribution in [0.5, 0.6) is 0 Å². The van der Waals surface area contributed by atoms with Gasteiger partial charge in [-0.15, -0.1) is 0 Å². The summed E-state index contributed by atoms with van der Waals surface area (Å²) in [4.78, 5) is 111. The van der Waals surface area contributed by atoms with Gasteiger partial charge in [0, 0.05) is 56.4 Å². The predicted molar refractivity (Wildman–Crippen MR) is 243 cm³/mol. The van der Waals surface area contributed by atoms with E-state index in [1.54, 1.807) is 92.7 Å². The molecule has 0 radical (unpaired) electrons. The lowest BCUT2D eigenvalue weighted by Crippen LogP contribution is -2.82. The number of ether oxygens (including phenoxy) is 6. The second kappa shape index (κ2) is 19.6. The van der Waals surface area contributed by atoms with Crippen molar-refractivity contribution in [1.82, 2.24) is 0 Å². The molecule has 16 nitrogen and oxygen atoms in total. The first-order valence-corrected chi connectivity index (χ1v) is 23.0. The minimum Gasteiger partial charge on any atom is -0.455 e. The van der Waals surface area contributed by atoms with Crippen molar-refractivity contribution in [3.05, 3.63) is 119 Å². The highest BCUT2D eigenvalue weighted by Gasteiger charge is 2.78. The van der Waals surface area contributed by atoms with Gasteiger partial charge in [-0.05, 0) is 49.6 Å². The molecule has 366 valence electrons. The Morgan fingerprint density at radius 3 is 1.93 bits per heavy atom. The monoisotopic (exact) mass is 950 g/mol. The second-order valence-corrected chi connectivity index (χ2v) is 19.3. The molecular weight excluding hydrogens is 893 g/mol. The van der Waals surface area contributed by atoms with Crippen molar-refractivity contribution >= 4 is 47.2 Å². The van der Waals surface area contributed by atoms with E-state index in [4.69, 9.17) is 28.4 Å². The number of carbonyl (C=O) groups is 8. The van der Waals surface area contributed by atoms with Crippen LogP contribution in [0.1, 0.15) is 113 Å². The van der Waals surface area contributed by atoms with Crippen molar-refractivity contribution in [3.63, 3.8) is 0 Å². The lowest BCUT2D eigenvalue weighted by Gasteiger charge is -2.67. The number of esters is 5. The van der Waals surface area contributed by atoms with Gasteiger partial charge in [-0.3, -0.25) is 24.0 Å². The van der Waals surface area contributed by atoms with E-state index in [-0.39, 0.29) is 48.4 Å². The maximum atomic E-state index is 15.7. The van der Waals surface area contributed by atoms with E-state index in [2.05, 4.69) is 0 Å². The number of rotatable bonds is 15. The van der Waals surface area contributed by atoms with Crippen molar-refractivity contribution in [1.29, 1.82) is 0 Å². The van der Waals surface area contributed by atoms with Crippen LogP contribution in [0.25, 0.3) is 0 Å². The number of hydrogen-bond acceptors (Lipinski definition) is 16. The van der Waals surface area contributed by atoms with Gasteiger partial charge in [0.05, 0.1) is 36.0 Å². The van der Waals surface area contributed by atoms with Gasteiger partial charge in [0.15, 0.2) is 23.3 Å². The summed E-state index contributed by atoms with van der Waals surface area (Å²) in [5.74, 6) is -9.19. The quantitative estimate of drug-likeness (QED) is 0.0824. The highest BCUT2D eigenvalue weighted by atomic mass is 16.6. The molecule has 1 aliphatic heterocycles. The number of fused-ring (bicyclic) bond motifs is 5. The van der Waals surface area contributed by atoms with Crippen LogP contribution in [-0.2, 0) is 57.2 Å². The summed E-state index contributed by atoms with van der Waals surface area (Å²) in [6, 6.07) is 24.4. The Morgan fingerprint density at radius 2 is 1.38 bits per heavy atom. The van der Waals surface area contributed by atoms with Crippen LogP contribution in [0.2, 0.25) is 0 Å². The molecule has 3 fully saturated rings. The first-order valence-electron chi connectivity index (χ1n) is 23.0. The lowest BCUT2D eigenvalue weighted by molar-refractivity contribution is -0.346. The van der Waals surface area contributed by atoms with Crippen LogP contribution in [0.15, 0.2) is 102 Å². The van der Waals surface area contributed by atoms with Crippen LogP contribution in [-0.4, -0.2) is 112 Å². The van der Waals surface area contributed by atoms with E-state index in [0.29, 0.717) is 11.1 Å². The molecule has 7 rings (SSSR count). The van der Waals surface area contributed by atoms with Gasteiger partial charge in [0.25, 0.3) is 0 Å². The van der Waals surface area contributed by atoms with Gasteiger partial charge in [0.1, 0.15) is 29.7 Å². The standard InChI is InChI=1S/C53H58O16/c1-29(54)23-24-41(59)67-43(36(33-17-11-8-12-18-33)25-37(57)34-19-13-9-14-20-34)49(62)66-38-27-53(63)47(68-48(61)35-21-15-10-16-22-35)45-51(7,39(58)26-40-52(45,28-64-40)69-32(4)56)46(60)44(65-31(3)55)42(30(38)2)50(53,5)6/h8-22,36,38-40,43-45,47,58,63H,23-28H2,1-7H3/t36-,38-,39-,40+,43+,44+,45-,47-,51+,52-,53+/m0/s1. The maximum absolute atomic E-state index is 15.7. The fourth-order valence-electron chi connectivity index (χ4n) is 11.0. The normalized spacial score (nSPS) is 29.7. The van der Waals surface area contributed by atoms with Gasteiger partial charge in [0.2, 0.25) is 6.10 Å². The summed E-state index contributed by atoms with van der Waals surface area (Å²) >= 11 is 0. The Morgan fingerprint density at radius 1 is 0.783 bits per heavy atom. The van der Waals surface area contributed by atoms with Crippen LogP contribution in [0.3, 0.4) is 0 Å². The first kappa shape index (κ1) is 50.5. The van der Waals surface area contributed by atoms with E-state index in [9.17, 15) is 39.0 Å². The number of Topliss-reactive ketones (excluding diaryl/α,β-unsaturated/α-hetero) is 3. The molecule has 1 saturated heterocycles. The summed E-state index contributed by atoms with van der Waals surface area (Å²) in [6.45, 7) is 9.16. The fourth-order valence-corrected chi connectivity index (χ4v) is 11.0. The zero-order chi connectivity index (χ0) is 50.2. The van der Waals surface area contributed by atoms with E-state index >= 15 is 9.59 Å². The number of benzene rings is 3. The third kappa shape index (κ3) is 9.29. The van der Waals surface area contributed by atoms with Gasteiger partial charge in [-0.2, -0.15) is 0 Å². The predicted octanol–water partition coefficient (Wildman–Crippen LogP) is 5.54. The van der Waals surface area contributed by atoms with Crippen molar-refractivity contribution in [2.45, 2.75) is 134 Å². The van der Waals surface area contributed by atoms with E-state index in [1.165, 1.54) is 32.9 Å². The van der Waals surface area contributed by atoms with Crippen LogP contribution >= 0.6 is 0 Å². The minimum absolute atomic E-state index is 0.0377. The molecule has 2 saturated carbocycles. The summed E-state index contributed by atoms with van der Waals surface area (Å²) in [7, 11) is 0. The largest absolute Gasteiger partial charge is 0.455 e. The molecule has 2 N–H and O–H groups in total. The van der Waals surface area contributed by atoms with Crippen molar-refractivity contribution in [2.24, 2.45) is 16.7 Å². The zero-order valence-corrected chi connectivity index (χ0v) is 39.6. The third-order valence-electron chi connectivity index (χ3n) is 14.7. The van der Waals surface area contributed by atoms with E-state index in [0.717, 1.165) is 13.8 Å². The summed E-state index contributed by atoms with van der Waals surface area (Å²) in [6.07, 6.45) is -11.6. The molecule has 1 heterocycles. The van der Waals surface area contributed by atoms with Crippen LogP contribution in [0, 0.1) is 16.7 Å². The average molecular weight is 951 g/mol. The van der Waals surface area contributed by atoms with Gasteiger partial charge in [-0.1, -0.05) is 92.7 Å². The SMILES string of the molecule is CC(=O)CCC(=O)O[C@@H](C(=O)O[C@H]1C[C@@]2(O)[C@@H](OC(=O)c3ccccc3)[C@@H]3[C@]4(OC(C)=O)CO[C@@H]4C[C@H](O)[C@@]3(C)C(=O)[C@H](OC(C)=O)C(=C1C)C2(C)C)[C@@H](CC(=O)c1ccccc1)c1ccccc1. The number of aliphatic hydroxyl groups excluding tert-OH is 1. The lowest BCUT2D eigenvalue weighted by atomic mass is 9.44. The average Bonchev–Trinajstić information content (AvgIpc) is 3.30. The maximum Gasteiger partial charge on any atom is 0.348 e. The number of carbonyl (C=O) groups excluding carboxylic acids is 8. The molecule has 69 heavy (non-hydrogen) atoms. The number of ketones is 3. The van der Waals surface area contributed by atoms with Gasteiger partial charge < -0.3 is 43.4 Å². The Hall–Kier alpha value is -6.36. The highest BCUT2D eigenvalue weighted by Crippen LogP contribution is 2.64. The molecule has 16 heteroatoms. The fraction of sp³-hybridized carbons (Fsp3) is 0.472. The summed E-state index contributed by atoms with van der Waals surface area (Å²) in [5.41, 5.74) is -7.21. The van der Waals surface area contributed by atoms with Crippen molar-refractivity contribution in [2.75, 3.05) is 6.61 Å². The zero-order valence-electron chi connectivity index (χ0n) is 39.6. The Balaban J connectivity index is 1.42. The van der Waals surface area contributed by atoms with Gasteiger partial charge in [-0.25, -0.2) is 9.59 Å². The minimum atomic E-state index is -2.46. The molecule has 3 aromatic rings. The molecule has 0 spiro atoms. The molecule has 0 unspecified atom stereocenters. The Labute approximate surface area is 399 Å². The highest BCUT2D eigenvalue weighted by molar-refractivity contribution is 5.98. The van der Waals surface area contributed by atoms with E-state index < -0.39 is 125 Å². The van der Waals surface area contributed by atoms with Crippen molar-refractivity contribution in [3.8, 4) is 0 Å². The third-order valence-corrected chi connectivity index (χ3v) is 14.7. The first-order chi connectivity index (χ1) is 32.6. The number of aliphatic hydroxyl groups is 2. The Bertz CT molecular complexity index is 2540. The second-order valence-electron chi connectivity index (χ2n) is 19.3. The molecular formula is C53H58O16. The summed E-state index contributed by atoms with van der Waals surface area (Å²) in [5, 5.41) is 26.1. The molecule has 11 atom stereocenters. The number of hydrogen-bond donors (Lipinski definition) is 2. The van der Waals surface area contributed by atoms with E-state index in [1.807, 2.05) is 0 Å². The Kier molecular flexibility index (Phi) is 14.3. The molecule has 3 aromatic carbocycles. The topological polar surface area (TPSA) is 232 Å². The van der Waals surface area contributed by atoms with Crippen LogP contribution < -0.4 is 0 Å². The molecule has 4 aliphatic rings. The molecule has 3 aliphatic carbocycles. The molecule has 2 bridgehead atoms. The van der Waals surface area contributed by atoms with Gasteiger partial charge >= 0.3 is 29.8 Å². The van der Waals surface area contributed by atoms with Crippen molar-refractivity contribution < 1.29 is 77.0 Å².